The highest BCUT2D eigenvalue weighted by molar-refractivity contribution is 7.15. The lowest BCUT2D eigenvalue weighted by molar-refractivity contribution is -0.389. The molecule has 2 aromatic rings. The largest absolute Gasteiger partial charge is 0.391 e. The molecule has 2 heterocycles. The Labute approximate surface area is 113 Å². The van der Waals surface area contributed by atoms with Crippen molar-refractivity contribution in [1.82, 2.24) is 9.38 Å². The number of hydrogen-bond acceptors (Lipinski definition) is 6. The molecule has 7 nitrogen and oxygen atoms in total. The SMILES string of the molecule is O=[N+]([O-])c1c(N[C@H]2CCCC[C@H]2O)nc2sccn12. The summed E-state index contributed by atoms with van der Waals surface area (Å²) in [6.07, 6.45) is 4.73. The minimum Gasteiger partial charge on any atom is -0.391 e. The normalized spacial score (nSPS) is 23.6. The van der Waals surface area contributed by atoms with Gasteiger partial charge in [-0.1, -0.05) is 24.2 Å². The van der Waals surface area contributed by atoms with Crippen molar-refractivity contribution >= 4 is 27.9 Å². The number of aliphatic hydroxyl groups is 1. The maximum Gasteiger partial charge on any atom is 0.372 e. The van der Waals surface area contributed by atoms with Crippen LogP contribution in [0.2, 0.25) is 0 Å². The molecule has 0 amide bonds. The van der Waals surface area contributed by atoms with E-state index in [1.807, 2.05) is 0 Å². The van der Waals surface area contributed by atoms with Crippen molar-refractivity contribution in [2.24, 2.45) is 0 Å². The molecule has 0 unspecified atom stereocenters. The zero-order valence-corrected chi connectivity index (χ0v) is 11.0. The van der Waals surface area contributed by atoms with Crippen LogP contribution in [-0.4, -0.2) is 31.6 Å². The molecule has 2 atom stereocenters. The van der Waals surface area contributed by atoms with E-state index >= 15 is 0 Å². The average Bonchev–Trinajstić information content (AvgIpc) is 2.91. The first-order valence-electron chi connectivity index (χ1n) is 6.21. The van der Waals surface area contributed by atoms with Crippen LogP contribution in [0.5, 0.6) is 0 Å². The third-order valence-electron chi connectivity index (χ3n) is 3.46. The second kappa shape index (κ2) is 4.78. The summed E-state index contributed by atoms with van der Waals surface area (Å²) < 4.78 is 1.46. The van der Waals surface area contributed by atoms with Crippen molar-refractivity contribution in [3.8, 4) is 0 Å². The van der Waals surface area contributed by atoms with Crippen LogP contribution in [0.15, 0.2) is 11.6 Å². The molecule has 3 rings (SSSR count). The standard InChI is InChI=1S/C11H14N4O3S/c16-8-4-2-1-3-7(8)12-9-10(15(17)18)14-5-6-19-11(14)13-9/h5-8,12,16H,1-4H2/t7-,8+/m0/s1. The number of rotatable bonds is 3. The van der Waals surface area contributed by atoms with Crippen LogP contribution in [-0.2, 0) is 0 Å². The number of nitro groups is 1. The van der Waals surface area contributed by atoms with Gasteiger partial charge in [0.1, 0.15) is 6.20 Å². The van der Waals surface area contributed by atoms with Crippen molar-refractivity contribution in [2.75, 3.05) is 5.32 Å². The number of hydrogen-bond donors (Lipinski definition) is 2. The highest BCUT2D eigenvalue weighted by atomic mass is 32.1. The Morgan fingerprint density at radius 2 is 2.32 bits per heavy atom. The minimum absolute atomic E-state index is 0.0611. The van der Waals surface area contributed by atoms with Gasteiger partial charge in [-0.3, -0.25) is 0 Å². The van der Waals surface area contributed by atoms with E-state index in [0.29, 0.717) is 4.96 Å². The van der Waals surface area contributed by atoms with Crippen LogP contribution < -0.4 is 5.32 Å². The van der Waals surface area contributed by atoms with E-state index in [1.54, 1.807) is 11.6 Å². The number of fused-ring (bicyclic) bond motifs is 1. The number of imidazole rings is 1. The maximum absolute atomic E-state index is 11.2. The van der Waals surface area contributed by atoms with Gasteiger partial charge in [0.05, 0.1) is 12.1 Å². The number of nitrogens with one attached hydrogen (secondary N) is 1. The van der Waals surface area contributed by atoms with Gasteiger partial charge in [0.15, 0.2) is 0 Å². The van der Waals surface area contributed by atoms with Crippen LogP contribution in [0.1, 0.15) is 25.7 Å². The Balaban J connectivity index is 1.93. The van der Waals surface area contributed by atoms with Gasteiger partial charge >= 0.3 is 5.82 Å². The quantitative estimate of drug-likeness (QED) is 0.663. The number of nitrogens with zero attached hydrogens (tertiary/aromatic N) is 3. The van der Waals surface area contributed by atoms with Crippen LogP contribution >= 0.6 is 11.3 Å². The molecule has 1 aliphatic carbocycles. The van der Waals surface area contributed by atoms with E-state index in [4.69, 9.17) is 0 Å². The summed E-state index contributed by atoms with van der Waals surface area (Å²) in [4.78, 5) is 15.5. The fourth-order valence-corrected chi connectivity index (χ4v) is 3.21. The number of anilines is 1. The Morgan fingerprint density at radius 1 is 1.53 bits per heavy atom. The molecule has 1 saturated carbocycles. The van der Waals surface area contributed by atoms with Crippen molar-refractivity contribution in [1.29, 1.82) is 0 Å². The summed E-state index contributed by atoms with van der Waals surface area (Å²) in [5, 5.41) is 25.9. The summed E-state index contributed by atoms with van der Waals surface area (Å²) in [7, 11) is 0. The molecule has 1 fully saturated rings. The summed E-state index contributed by atoms with van der Waals surface area (Å²) in [6, 6.07) is -0.156. The Morgan fingerprint density at radius 3 is 3.05 bits per heavy atom. The Bertz CT molecular complexity index is 608. The monoisotopic (exact) mass is 282 g/mol. The Kier molecular flexibility index (Phi) is 3.11. The van der Waals surface area contributed by atoms with Gasteiger partial charge in [0, 0.05) is 5.38 Å². The first kappa shape index (κ1) is 12.4. The molecule has 0 spiro atoms. The van der Waals surface area contributed by atoms with Crippen molar-refractivity contribution in [2.45, 2.75) is 37.8 Å². The van der Waals surface area contributed by atoms with Gasteiger partial charge in [-0.15, -0.1) is 0 Å². The highest BCUT2D eigenvalue weighted by Crippen LogP contribution is 2.30. The number of thiazole rings is 1. The van der Waals surface area contributed by atoms with Gasteiger partial charge in [-0.05, 0) is 17.8 Å². The molecule has 8 heteroatoms. The summed E-state index contributed by atoms with van der Waals surface area (Å²) in [6.45, 7) is 0. The molecule has 1 aliphatic rings. The third kappa shape index (κ3) is 2.17. The lowest BCUT2D eigenvalue weighted by atomic mass is 9.93. The first-order chi connectivity index (χ1) is 9.16. The van der Waals surface area contributed by atoms with Crippen molar-refractivity contribution < 1.29 is 10.0 Å². The molecular weight excluding hydrogens is 268 g/mol. The maximum atomic E-state index is 11.2. The van der Waals surface area contributed by atoms with E-state index in [0.717, 1.165) is 25.7 Å². The Hall–Kier alpha value is -1.67. The fourth-order valence-electron chi connectivity index (χ4n) is 2.50. The van der Waals surface area contributed by atoms with Crippen LogP contribution in [0.3, 0.4) is 0 Å². The molecule has 2 aromatic heterocycles. The molecule has 0 aliphatic heterocycles. The predicted octanol–water partition coefficient (Wildman–Crippen LogP) is 2.02. The van der Waals surface area contributed by atoms with Gasteiger partial charge in [0.2, 0.25) is 5.82 Å². The van der Waals surface area contributed by atoms with Crippen molar-refractivity contribution in [3.63, 3.8) is 0 Å². The van der Waals surface area contributed by atoms with Gasteiger partial charge in [-0.2, -0.15) is 9.38 Å². The fraction of sp³-hybridized carbons (Fsp3) is 0.545. The van der Waals surface area contributed by atoms with E-state index in [-0.39, 0.29) is 17.7 Å². The average molecular weight is 282 g/mol. The van der Waals surface area contributed by atoms with Gasteiger partial charge < -0.3 is 20.5 Å². The number of aliphatic hydroxyl groups excluding tert-OH is 1. The summed E-state index contributed by atoms with van der Waals surface area (Å²) in [5.74, 6) is 0.192. The zero-order chi connectivity index (χ0) is 13.4. The molecule has 2 N–H and O–H groups in total. The van der Waals surface area contributed by atoms with Gasteiger partial charge in [0.25, 0.3) is 4.96 Å². The predicted molar refractivity (Wildman–Crippen MR) is 71.6 cm³/mol. The van der Waals surface area contributed by atoms with E-state index in [1.165, 1.54) is 15.7 Å². The second-order valence-electron chi connectivity index (χ2n) is 4.70. The molecule has 0 bridgehead atoms. The number of aromatic nitrogens is 2. The lowest BCUT2D eigenvalue weighted by Gasteiger charge is -2.27. The third-order valence-corrected chi connectivity index (χ3v) is 4.22. The first-order valence-corrected chi connectivity index (χ1v) is 7.09. The van der Waals surface area contributed by atoms with Crippen LogP contribution in [0.25, 0.3) is 4.96 Å². The van der Waals surface area contributed by atoms with Crippen LogP contribution in [0, 0.1) is 10.1 Å². The lowest BCUT2D eigenvalue weighted by Crippen LogP contribution is -2.36. The molecule has 0 aromatic carbocycles. The molecule has 0 saturated heterocycles. The zero-order valence-electron chi connectivity index (χ0n) is 10.2. The van der Waals surface area contributed by atoms with Crippen LogP contribution in [0.4, 0.5) is 11.6 Å². The molecule has 0 radical (unpaired) electrons. The smallest absolute Gasteiger partial charge is 0.372 e. The highest BCUT2D eigenvalue weighted by Gasteiger charge is 2.29. The second-order valence-corrected chi connectivity index (χ2v) is 5.57. The molecule has 102 valence electrons. The van der Waals surface area contributed by atoms with Gasteiger partial charge in [-0.25, -0.2) is 0 Å². The van der Waals surface area contributed by atoms with E-state index in [2.05, 4.69) is 10.3 Å². The van der Waals surface area contributed by atoms with Crippen molar-refractivity contribution in [3.05, 3.63) is 21.7 Å². The topological polar surface area (TPSA) is 92.7 Å². The van der Waals surface area contributed by atoms with E-state index < -0.39 is 11.0 Å². The molecular formula is C11H14N4O3S. The minimum atomic E-state index is -0.465. The van der Waals surface area contributed by atoms with E-state index in [9.17, 15) is 15.2 Å². The summed E-state index contributed by atoms with van der Waals surface area (Å²) in [5.41, 5.74) is 0. The molecule has 19 heavy (non-hydrogen) atoms. The summed E-state index contributed by atoms with van der Waals surface area (Å²) >= 11 is 1.35.